The van der Waals surface area contributed by atoms with Crippen LogP contribution < -0.4 is 11.1 Å². The maximum atomic E-state index is 13.0. The molecular weight excluding hydrogens is 426 g/mol. The number of ether oxygens (including phenoxy) is 1. The van der Waals surface area contributed by atoms with Gasteiger partial charge in [-0.25, -0.2) is 4.98 Å². The Balaban J connectivity index is 1.23. The summed E-state index contributed by atoms with van der Waals surface area (Å²) >= 11 is 0. The average Bonchev–Trinajstić information content (AvgIpc) is 3.54. The Morgan fingerprint density at radius 2 is 1.82 bits per heavy atom. The number of amides is 1. The molecule has 2 bridgehead atoms. The Morgan fingerprint density at radius 1 is 1.06 bits per heavy atom. The minimum atomic E-state index is -0.147. The third-order valence-corrected chi connectivity index (χ3v) is 6.81. The lowest BCUT2D eigenvalue weighted by molar-refractivity contribution is 0.0857. The summed E-state index contributed by atoms with van der Waals surface area (Å²) in [5.74, 6) is 0.376. The van der Waals surface area contributed by atoms with Crippen LogP contribution in [0.3, 0.4) is 0 Å². The molecule has 4 aromatic rings. The van der Waals surface area contributed by atoms with Crippen molar-refractivity contribution in [2.45, 2.75) is 39.1 Å². The zero-order chi connectivity index (χ0) is 23.4. The van der Waals surface area contributed by atoms with Crippen LogP contribution in [0.25, 0.3) is 0 Å². The van der Waals surface area contributed by atoms with Crippen LogP contribution >= 0.6 is 0 Å². The van der Waals surface area contributed by atoms with E-state index in [1.165, 1.54) is 16.7 Å². The van der Waals surface area contributed by atoms with Gasteiger partial charge in [-0.1, -0.05) is 24.3 Å². The highest BCUT2D eigenvalue weighted by molar-refractivity contribution is 5.94. The first-order valence-corrected chi connectivity index (χ1v) is 11.4. The fourth-order valence-corrected chi connectivity index (χ4v) is 5.14. The smallest absolute Gasteiger partial charge is 0.251 e. The molecule has 1 amide bonds. The Bertz CT molecular complexity index is 1400. The molecule has 6 rings (SSSR count). The van der Waals surface area contributed by atoms with Crippen molar-refractivity contribution < 1.29 is 9.53 Å². The summed E-state index contributed by atoms with van der Waals surface area (Å²) < 4.78 is 8.24. The van der Waals surface area contributed by atoms with Gasteiger partial charge in [0.2, 0.25) is 0 Å². The summed E-state index contributed by atoms with van der Waals surface area (Å²) in [4.78, 5) is 17.3. The highest BCUT2D eigenvalue weighted by atomic mass is 16.5. The molecule has 2 aliphatic rings. The topological polar surface area (TPSA) is 95.1 Å². The summed E-state index contributed by atoms with van der Waals surface area (Å²) in [6, 6.07) is 16.1. The van der Waals surface area contributed by atoms with E-state index in [1.54, 1.807) is 6.20 Å². The minimum absolute atomic E-state index is 0.0722. The van der Waals surface area contributed by atoms with E-state index in [4.69, 9.17) is 10.5 Å². The number of anilines is 1. The average molecular weight is 452 g/mol. The van der Waals surface area contributed by atoms with Crippen LogP contribution in [0.1, 0.15) is 67.2 Å². The van der Waals surface area contributed by atoms with Gasteiger partial charge in [-0.15, -0.1) is 0 Å². The summed E-state index contributed by atoms with van der Waals surface area (Å²) in [6.45, 7) is 5.01. The predicted molar refractivity (Wildman–Crippen MR) is 128 cm³/mol. The van der Waals surface area contributed by atoms with E-state index in [9.17, 15) is 4.79 Å². The van der Waals surface area contributed by atoms with Crippen molar-refractivity contribution in [3.05, 3.63) is 111 Å². The number of hydrogen-bond donors (Lipinski definition) is 2. The Labute approximate surface area is 197 Å². The number of hydrogen-bond acceptors (Lipinski definition) is 5. The molecule has 2 atom stereocenters. The number of nitrogens with two attached hydrogens (primary N) is 1. The highest BCUT2D eigenvalue weighted by Gasteiger charge is 2.42. The van der Waals surface area contributed by atoms with E-state index in [1.807, 2.05) is 55.1 Å². The van der Waals surface area contributed by atoms with Crippen LogP contribution in [-0.2, 0) is 17.8 Å². The standard InChI is InChI=1S/C27H25N5O2/c1-15-10-24(28)31-16(2)23(15)13-29-27(33)18-5-7-20-22(12-18)26-21-11-17(14-32-9-3-8-30-32)4-6-19(21)25(20)34-26/h3-12,25-26H,13-14H2,1-2H3,(H2,28,31)(H,29,33)/t25-,26+/m0/s1. The van der Waals surface area contributed by atoms with Gasteiger partial charge in [0.25, 0.3) is 5.91 Å². The summed E-state index contributed by atoms with van der Waals surface area (Å²) in [7, 11) is 0. The van der Waals surface area contributed by atoms with Crippen molar-refractivity contribution in [2.75, 3.05) is 5.73 Å². The number of pyridine rings is 1. The largest absolute Gasteiger partial charge is 0.384 e. The normalized spacial score (nSPS) is 17.5. The number of carbonyl (C=O) groups is 1. The van der Waals surface area contributed by atoms with Crippen molar-refractivity contribution in [3.63, 3.8) is 0 Å². The lowest BCUT2D eigenvalue weighted by atomic mass is 9.84. The van der Waals surface area contributed by atoms with Crippen LogP contribution in [0.5, 0.6) is 0 Å². The summed E-state index contributed by atoms with van der Waals surface area (Å²) in [5, 5.41) is 7.34. The molecule has 0 spiro atoms. The summed E-state index contributed by atoms with van der Waals surface area (Å²) in [5.41, 5.74) is 15.1. The number of rotatable bonds is 5. The van der Waals surface area contributed by atoms with Gasteiger partial charge in [0.15, 0.2) is 0 Å². The fourth-order valence-electron chi connectivity index (χ4n) is 5.14. The molecular formula is C27H25N5O2. The molecule has 170 valence electrons. The van der Waals surface area contributed by atoms with E-state index in [0.29, 0.717) is 24.5 Å². The van der Waals surface area contributed by atoms with Crippen molar-refractivity contribution in [1.82, 2.24) is 20.1 Å². The third kappa shape index (κ3) is 3.36. The zero-order valence-corrected chi connectivity index (χ0v) is 19.1. The zero-order valence-electron chi connectivity index (χ0n) is 19.1. The Hall–Kier alpha value is -3.97. The van der Waals surface area contributed by atoms with E-state index < -0.39 is 0 Å². The van der Waals surface area contributed by atoms with Crippen LogP contribution in [0.15, 0.2) is 60.9 Å². The number of fused-ring (bicyclic) bond motifs is 8. The number of aromatic nitrogens is 3. The monoisotopic (exact) mass is 451 g/mol. The number of nitrogen functional groups attached to an aromatic ring is 1. The molecule has 3 N–H and O–H groups in total. The molecule has 2 aromatic heterocycles. The Morgan fingerprint density at radius 3 is 2.59 bits per heavy atom. The van der Waals surface area contributed by atoms with Crippen molar-refractivity contribution in [2.24, 2.45) is 0 Å². The van der Waals surface area contributed by atoms with Gasteiger partial charge in [0.05, 0.1) is 6.54 Å². The number of benzene rings is 2. The number of nitrogens with one attached hydrogen (secondary N) is 1. The van der Waals surface area contributed by atoms with Gasteiger partial charge < -0.3 is 15.8 Å². The molecule has 0 aliphatic carbocycles. The second-order valence-electron chi connectivity index (χ2n) is 9.02. The van der Waals surface area contributed by atoms with Crippen LogP contribution in [-0.4, -0.2) is 20.7 Å². The van der Waals surface area contributed by atoms with Crippen molar-refractivity contribution >= 4 is 11.7 Å². The molecule has 4 heterocycles. The van der Waals surface area contributed by atoms with Gasteiger partial charge in [0.1, 0.15) is 18.0 Å². The van der Waals surface area contributed by atoms with Crippen LogP contribution in [0, 0.1) is 13.8 Å². The molecule has 2 aliphatic heterocycles. The summed E-state index contributed by atoms with van der Waals surface area (Å²) in [6.07, 6.45) is 3.52. The van der Waals surface area contributed by atoms with Gasteiger partial charge >= 0.3 is 0 Å². The van der Waals surface area contributed by atoms with E-state index in [2.05, 4.69) is 33.6 Å². The van der Waals surface area contributed by atoms with Gasteiger partial charge in [-0.3, -0.25) is 9.48 Å². The number of aryl methyl sites for hydroxylation is 2. The Kier molecular flexibility index (Phi) is 4.74. The van der Waals surface area contributed by atoms with E-state index in [-0.39, 0.29) is 18.1 Å². The third-order valence-electron chi connectivity index (χ3n) is 6.81. The predicted octanol–water partition coefficient (Wildman–Crippen LogP) is 3.98. The number of carbonyl (C=O) groups excluding carboxylic acids is 1. The lowest BCUT2D eigenvalue weighted by Gasteiger charge is -2.18. The quantitative estimate of drug-likeness (QED) is 0.479. The van der Waals surface area contributed by atoms with Crippen molar-refractivity contribution in [3.8, 4) is 0 Å². The molecule has 7 nitrogen and oxygen atoms in total. The van der Waals surface area contributed by atoms with Gasteiger partial charge in [-0.2, -0.15) is 5.10 Å². The second-order valence-corrected chi connectivity index (χ2v) is 9.02. The van der Waals surface area contributed by atoms with E-state index >= 15 is 0 Å². The maximum absolute atomic E-state index is 13.0. The first-order valence-electron chi connectivity index (χ1n) is 11.4. The molecule has 0 fully saturated rings. The molecule has 0 unspecified atom stereocenters. The molecule has 2 aromatic carbocycles. The maximum Gasteiger partial charge on any atom is 0.251 e. The minimum Gasteiger partial charge on any atom is -0.384 e. The lowest BCUT2D eigenvalue weighted by Crippen LogP contribution is -2.24. The first kappa shape index (κ1) is 20.6. The second kappa shape index (κ2) is 7.81. The molecule has 7 heteroatoms. The molecule has 34 heavy (non-hydrogen) atoms. The van der Waals surface area contributed by atoms with E-state index in [0.717, 1.165) is 27.9 Å². The van der Waals surface area contributed by atoms with Gasteiger partial charge in [-0.05, 0) is 77.1 Å². The van der Waals surface area contributed by atoms with Crippen LogP contribution in [0.4, 0.5) is 5.82 Å². The SMILES string of the molecule is Cc1cc(N)nc(C)c1CNC(=O)c1ccc2c(c1)[C@@H]1O[C@H]2c2ccc(Cn3cccn3)cc21. The fraction of sp³-hybridized carbons (Fsp3) is 0.222. The molecule has 0 radical (unpaired) electrons. The molecule has 0 saturated carbocycles. The highest BCUT2D eigenvalue weighted by Crippen LogP contribution is 2.54. The first-order chi connectivity index (χ1) is 16.5. The van der Waals surface area contributed by atoms with Crippen molar-refractivity contribution in [1.29, 1.82) is 0 Å². The number of nitrogens with zero attached hydrogens (tertiary/aromatic N) is 3. The van der Waals surface area contributed by atoms with Crippen LogP contribution in [0.2, 0.25) is 0 Å². The molecule has 0 saturated heterocycles. The van der Waals surface area contributed by atoms with Gasteiger partial charge in [0, 0.05) is 30.2 Å².